The summed E-state index contributed by atoms with van der Waals surface area (Å²) in [4.78, 5) is 0. The van der Waals surface area contributed by atoms with Crippen LogP contribution in [0.4, 0.5) is 13.2 Å². The Balaban J connectivity index is 0. The van der Waals surface area contributed by atoms with E-state index in [4.69, 9.17) is 0 Å². The average Bonchev–Trinajstić information content (AvgIpc) is 2.90. The van der Waals surface area contributed by atoms with E-state index in [-0.39, 0.29) is 49.1 Å². The molecule has 0 fully saturated rings. The van der Waals surface area contributed by atoms with Crippen LogP contribution in [0.3, 0.4) is 0 Å². The first kappa shape index (κ1) is 42.8. The Morgan fingerprint density at radius 1 is 0.525 bits per heavy atom. The molecule has 0 bridgehead atoms. The first-order valence-corrected chi connectivity index (χ1v) is 18.1. The minimum absolute atomic E-state index is 0. The van der Waals surface area contributed by atoms with E-state index in [0.717, 1.165) is 57.8 Å². The van der Waals surface area contributed by atoms with Gasteiger partial charge in [-0.3, -0.25) is 4.39 Å². The van der Waals surface area contributed by atoms with Crippen molar-refractivity contribution in [2.45, 2.75) is 198 Å². The molecule has 0 amide bonds. The Hall–Kier alpha value is 0.700. The van der Waals surface area contributed by atoms with Gasteiger partial charge in [-0.25, -0.2) is 17.2 Å². The fraction of sp³-hybridized carbons (Fsp3) is 1.00. The smallest absolute Gasteiger partial charge is 0.748 e. The van der Waals surface area contributed by atoms with E-state index in [9.17, 15) is 26.1 Å². The molecule has 0 aliphatic carbocycles. The van der Waals surface area contributed by atoms with Gasteiger partial charge in [0.05, 0.1) is 11.9 Å². The van der Waals surface area contributed by atoms with Crippen molar-refractivity contribution in [2.24, 2.45) is 0 Å². The predicted octanol–water partition coefficient (Wildman–Crippen LogP) is 8.10. The number of alkyl halides is 3. The van der Waals surface area contributed by atoms with Crippen LogP contribution < -0.4 is 29.6 Å². The van der Waals surface area contributed by atoms with Crippen molar-refractivity contribution in [3.8, 4) is 0 Å². The molecular weight excluding hydrogens is 544 g/mol. The summed E-state index contributed by atoms with van der Waals surface area (Å²) >= 11 is 0. The van der Waals surface area contributed by atoms with Gasteiger partial charge in [-0.05, 0) is 19.3 Å². The molecule has 0 N–H and O–H groups in total. The van der Waals surface area contributed by atoms with Crippen LogP contribution in [0.1, 0.15) is 180 Å². The number of halogens is 3. The molecule has 8 heteroatoms. The molecule has 0 aromatic rings. The second kappa shape index (κ2) is 31.1. The van der Waals surface area contributed by atoms with Gasteiger partial charge < -0.3 is 4.55 Å². The molecule has 0 saturated heterocycles. The van der Waals surface area contributed by atoms with Crippen LogP contribution in [-0.4, -0.2) is 37.2 Å². The van der Waals surface area contributed by atoms with Gasteiger partial charge in [0.2, 0.25) is 0 Å². The van der Waals surface area contributed by atoms with Gasteiger partial charge in [0.1, 0.15) is 22.5 Å². The molecule has 0 aromatic carbocycles. The fourth-order valence-electron chi connectivity index (χ4n) is 5.42. The largest absolute Gasteiger partial charge is 1.00 e. The van der Waals surface area contributed by atoms with Crippen LogP contribution in [-0.2, 0) is 10.1 Å². The maximum Gasteiger partial charge on any atom is 1.00 e. The van der Waals surface area contributed by atoms with E-state index in [1.807, 2.05) is 0 Å². The zero-order valence-electron chi connectivity index (χ0n) is 26.3. The van der Waals surface area contributed by atoms with Crippen LogP contribution in [0, 0.1) is 0 Å². The second-order valence-corrected chi connectivity index (χ2v) is 13.3. The Bertz CT molecular complexity index is 610. The van der Waals surface area contributed by atoms with Crippen LogP contribution in [0.5, 0.6) is 0 Å². The number of hydrogen-bond acceptors (Lipinski definition) is 3. The van der Waals surface area contributed by atoms with E-state index in [1.54, 1.807) is 0 Å². The molecule has 0 spiro atoms. The van der Waals surface area contributed by atoms with Crippen molar-refractivity contribution in [2.75, 3.05) is 6.67 Å². The van der Waals surface area contributed by atoms with Crippen molar-refractivity contribution in [3.05, 3.63) is 0 Å². The fourth-order valence-corrected chi connectivity index (χ4v) is 6.36. The molecule has 3 nitrogen and oxygen atoms in total. The van der Waals surface area contributed by atoms with E-state index < -0.39 is 27.7 Å². The van der Waals surface area contributed by atoms with E-state index >= 15 is 0 Å². The van der Waals surface area contributed by atoms with E-state index in [0.29, 0.717) is 19.3 Å². The van der Waals surface area contributed by atoms with Crippen molar-refractivity contribution in [1.82, 2.24) is 0 Å². The first-order chi connectivity index (χ1) is 18.8. The SMILES string of the molecule is CCCCCCCCCCCCCCCCCCCCC(C(F)C(F)CCCCCCCCCF)S(=O)(=O)[O-].[Na+]. The van der Waals surface area contributed by atoms with Crippen molar-refractivity contribution in [1.29, 1.82) is 0 Å². The Kier molecular flexibility index (Phi) is 33.3. The van der Waals surface area contributed by atoms with E-state index in [2.05, 4.69) is 6.92 Å². The van der Waals surface area contributed by atoms with Gasteiger partial charge in [0.25, 0.3) is 0 Å². The summed E-state index contributed by atoms with van der Waals surface area (Å²) in [5.74, 6) is 0. The van der Waals surface area contributed by atoms with Crippen LogP contribution in [0.15, 0.2) is 0 Å². The molecule has 0 heterocycles. The molecule has 0 rings (SSSR count). The normalized spacial score (nSPS) is 14.1. The van der Waals surface area contributed by atoms with Gasteiger partial charge in [-0.15, -0.1) is 0 Å². The van der Waals surface area contributed by atoms with Crippen LogP contribution in [0.25, 0.3) is 0 Å². The molecule has 3 unspecified atom stereocenters. The minimum atomic E-state index is -4.88. The molecule has 0 aliphatic heterocycles. The monoisotopic (exact) mass is 606 g/mol. The first-order valence-electron chi connectivity index (χ1n) is 16.6. The number of hydrogen-bond donors (Lipinski definition) is 0. The summed E-state index contributed by atoms with van der Waals surface area (Å²) in [5, 5.41) is -1.78. The van der Waals surface area contributed by atoms with Gasteiger partial charge in [0.15, 0.2) is 0 Å². The minimum Gasteiger partial charge on any atom is -0.748 e. The molecule has 0 saturated carbocycles. The molecule has 0 aliphatic rings. The predicted molar refractivity (Wildman–Crippen MR) is 160 cm³/mol. The number of rotatable bonds is 31. The van der Waals surface area contributed by atoms with Crippen LogP contribution in [0.2, 0.25) is 0 Å². The Labute approximate surface area is 269 Å². The summed E-state index contributed by atoms with van der Waals surface area (Å²) in [6, 6.07) is 0. The second-order valence-electron chi connectivity index (χ2n) is 11.7. The third-order valence-corrected chi connectivity index (χ3v) is 9.26. The number of unbranched alkanes of at least 4 members (excludes halogenated alkanes) is 23. The summed E-state index contributed by atoms with van der Waals surface area (Å²) in [6.45, 7) is 1.95. The molecule has 0 aromatic heterocycles. The summed E-state index contributed by atoms with van der Waals surface area (Å²) in [5.41, 5.74) is 0. The standard InChI is InChI=1S/C32H63F3O3S.Na/c1-2-3-4-5-6-7-8-9-10-11-12-13-14-15-16-19-22-25-28-31(39(36,37)38)32(35)30(34)27-24-21-18-17-20-23-26-29-33;/h30-32H,2-29H2,1H3,(H,36,37,38);/q;+1/p-1. The average molecular weight is 607 g/mol. The zero-order valence-corrected chi connectivity index (χ0v) is 29.1. The van der Waals surface area contributed by atoms with Crippen LogP contribution >= 0.6 is 0 Å². The van der Waals surface area contributed by atoms with Gasteiger partial charge >= 0.3 is 29.6 Å². The third kappa shape index (κ3) is 27.5. The van der Waals surface area contributed by atoms with E-state index in [1.165, 1.54) is 83.5 Å². The molecular formula is C32H62F3NaO3S. The van der Waals surface area contributed by atoms with Crippen molar-refractivity contribution >= 4 is 10.1 Å². The Morgan fingerprint density at radius 3 is 1.15 bits per heavy atom. The summed E-state index contributed by atoms with van der Waals surface area (Å²) in [7, 11) is -4.88. The summed E-state index contributed by atoms with van der Waals surface area (Å²) in [6.07, 6.45) is 22.8. The topological polar surface area (TPSA) is 57.2 Å². The maximum atomic E-state index is 14.6. The third-order valence-electron chi connectivity index (χ3n) is 8.03. The van der Waals surface area contributed by atoms with Gasteiger partial charge in [-0.2, -0.15) is 0 Å². The molecule has 3 atom stereocenters. The molecule has 236 valence electrons. The molecule has 0 radical (unpaired) electrons. The molecule has 40 heavy (non-hydrogen) atoms. The van der Waals surface area contributed by atoms with Gasteiger partial charge in [0, 0.05) is 0 Å². The zero-order chi connectivity index (χ0) is 29.0. The van der Waals surface area contributed by atoms with Crippen molar-refractivity contribution in [3.63, 3.8) is 0 Å². The quantitative estimate of drug-likeness (QED) is 0.0455. The van der Waals surface area contributed by atoms with Crippen molar-refractivity contribution < 1.29 is 55.7 Å². The maximum absolute atomic E-state index is 14.6. The summed E-state index contributed by atoms with van der Waals surface area (Å²) < 4.78 is 75.8. The Morgan fingerprint density at radius 2 is 0.825 bits per heavy atom. The van der Waals surface area contributed by atoms with Gasteiger partial charge in [-0.1, -0.05) is 161 Å².